The van der Waals surface area contributed by atoms with E-state index in [4.69, 9.17) is 0 Å². The van der Waals surface area contributed by atoms with Crippen LogP contribution in [0.3, 0.4) is 0 Å². The van der Waals surface area contributed by atoms with Crippen LogP contribution in [0.1, 0.15) is 58.1 Å². The second-order valence-electron chi connectivity index (χ2n) is 5.96. The number of hydrogen-bond donors (Lipinski definition) is 1. The van der Waals surface area contributed by atoms with Crippen molar-refractivity contribution < 1.29 is 0 Å². The Bertz CT molecular complexity index is 651. The number of hydrogen-bond acceptors (Lipinski definition) is 1. The molecule has 2 heteroatoms. The van der Waals surface area contributed by atoms with Gasteiger partial charge in [-0.3, -0.25) is 4.90 Å². The number of fused-ring (bicyclic) bond motifs is 2. The molecule has 0 saturated carbocycles. The molecule has 1 saturated heterocycles. The number of H-pyrrole nitrogens is 1. The second kappa shape index (κ2) is 8.35. The lowest BCUT2D eigenvalue weighted by Crippen LogP contribution is -2.32. The van der Waals surface area contributed by atoms with Gasteiger partial charge in [-0.1, -0.05) is 39.8 Å². The topological polar surface area (TPSA) is 19.0 Å². The van der Waals surface area contributed by atoms with E-state index in [-0.39, 0.29) is 0 Å². The van der Waals surface area contributed by atoms with E-state index < -0.39 is 0 Å². The summed E-state index contributed by atoms with van der Waals surface area (Å²) in [5, 5.41) is 1.37. The van der Waals surface area contributed by atoms with Crippen LogP contribution in [0.4, 0.5) is 0 Å². The molecule has 4 rings (SSSR count). The molecule has 126 valence electrons. The third-order valence-corrected chi connectivity index (χ3v) is 4.79. The SMILES string of the molecule is CC.CC.Cc1c[nH]c2ccc(C3=CCN4CCCC4C3)cc12. The molecule has 1 aromatic carbocycles. The van der Waals surface area contributed by atoms with Crippen molar-refractivity contribution in [2.24, 2.45) is 0 Å². The highest BCUT2D eigenvalue weighted by Crippen LogP contribution is 2.33. The Morgan fingerprint density at radius 3 is 2.70 bits per heavy atom. The van der Waals surface area contributed by atoms with Gasteiger partial charge in [0.05, 0.1) is 0 Å². The van der Waals surface area contributed by atoms with Crippen LogP contribution >= 0.6 is 0 Å². The molecule has 1 N–H and O–H groups in total. The highest BCUT2D eigenvalue weighted by molar-refractivity contribution is 5.87. The Morgan fingerprint density at radius 2 is 1.91 bits per heavy atom. The molecule has 0 spiro atoms. The summed E-state index contributed by atoms with van der Waals surface area (Å²) < 4.78 is 0. The molecule has 1 aromatic heterocycles. The van der Waals surface area contributed by atoms with E-state index >= 15 is 0 Å². The van der Waals surface area contributed by atoms with Gasteiger partial charge in [-0.25, -0.2) is 0 Å². The maximum atomic E-state index is 3.33. The molecular weight excluding hydrogens is 280 g/mol. The summed E-state index contributed by atoms with van der Waals surface area (Å²) in [4.78, 5) is 5.96. The van der Waals surface area contributed by atoms with Gasteiger partial charge in [-0.15, -0.1) is 0 Å². The Balaban J connectivity index is 0.000000448. The van der Waals surface area contributed by atoms with Crippen LogP contribution in [0, 0.1) is 6.92 Å². The molecule has 0 bridgehead atoms. The summed E-state index contributed by atoms with van der Waals surface area (Å²) >= 11 is 0. The number of rotatable bonds is 1. The zero-order valence-electron chi connectivity index (χ0n) is 15.4. The third-order valence-electron chi connectivity index (χ3n) is 4.79. The van der Waals surface area contributed by atoms with Gasteiger partial charge >= 0.3 is 0 Å². The molecule has 0 amide bonds. The van der Waals surface area contributed by atoms with E-state index in [9.17, 15) is 0 Å². The Morgan fingerprint density at radius 1 is 1.13 bits per heavy atom. The molecule has 1 fully saturated rings. The van der Waals surface area contributed by atoms with E-state index in [0.29, 0.717) is 0 Å². The fraction of sp³-hybridized carbons (Fsp3) is 0.524. The summed E-state index contributed by atoms with van der Waals surface area (Å²) in [7, 11) is 0. The summed E-state index contributed by atoms with van der Waals surface area (Å²) in [6.45, 7) is 12.6. The number of benzene rings is 1. The summed E-state index contributed by atoms with van der Waals surface area (Å²) in [5.41, 5.74) is 5.56. The van der Waals surface area contributed by atoms with Crippen LogP contribution in [0.5, 0.6) is 0 Å². The summed E-state index contributed by atoms with van der Waals surface area (Å²) in [6, 6.07) is 7.65. The monoisotopic (exact) mass is 312 g/mol. The molecule has 3 heterocycles. The van der Waals surface area contributed by atoms with Crippen molar-refractivity contribution >= 4 is 16.5 Å². The first-order valence-corrected chi connectivity index (χ1v) is 9.32. The predicted molar refractivity (Wildman–Crippen MR) is 103 cm³/mol. The summed E-state index contributed by atoms with van der Waals surface area (Å²) in [6.07, 6.45) is 8.52. The first-order valence-electron chi connectivity index (χ1n) is 9.32. The molecule has 0 aliphatic carbocycles. The quantitative estimate of drug-likeness (QED) is 0.707. The number of aromatic amines is 1. The van der Waals surface area contributed by atoms with Gasteiger partial charge in [0.25, 0.3) is 0 Å². The number of nitrogens with one attached hydrogen (secondary N) is 1. The minimum absolute atomic E-state index is 0.794. The van der Waals surface area contributed by atoms with E-state index in [2.05, 4.69) is 47.3 Å². The van der Waals surface area contributed by atoms with Crippen LogP contribution in [0.25, 0.3) is 16.5 Å². The van der Waals surface area contributed by atoms with Gasteiger partial charge in [0.15, 0.2) is 0 Å². The molecule has 2 aliphatic rings. The zero-order chi connectivity index (χ0) is 16.8. The maximum absolute atomic E-state index is 3.33. The van der Waals surface area contributed by atoms with Crippen molar-refractivity contribution in [1.29, 1.82) is 0 Å². The van der Waals surface area contributed by atoms with Gasteiger partial charge in [-0.05, 0) is 61.6 Å². The maximum Gasteiger partial charge on any atom is 0.0457 e. The lowest BCUT2D eigenvalue weighted by molar-refractivity contribution is 0.275. The van der Waals surface area contributed by atoms with Crippen molar-refractivity contribution in [3.05, 3.63) is 41.6 Å². The number of nitrogens with zero attached hydrogens (tertiary/aromatic N) is 1. The molecule has 0 radical (unpaired) electrons. The molecule has 2 nitrogen and oxygen atoms in total. The lowest BCUT2D eigenvalue weighted by atomic mass is 9.93. The Labute approximate surface area is 141 Å². The second-order valence-corrected chi connectivity index (χ2v) is 5.96. The van der Waals surface area contributed by atoms with E-state index in [1.165, 1.54) is 47.8 Å². The van der Waals surface area contributed by atoms with E-state index in [0.717, 1.165) is 12.6 Å². The fourth-order valence-electron chi connectivity index (χ4n) is 3.63. The van der Waals surface area contributed by atoms with Crippen LogP contribution in [0.15, 0.2) is 30.5 Å². The standard InChI is InChI=1S/C17H20N2.2C2H6/c1-12-11-18-17-5-4-13(10-16(12)17)14-6-8-19-7-2-3-15(19)9-14;2*1-2/h4-6,10-11,15,18H,2-3,7-9H2,1H3;2*1-2H3. The first kappa shape index (κ1) is 17.8. The molecule has 1 atom stereocenters. The number of aromatic nitrogens is 1. The van der Waals surface area contributed by atoms with Crippen LogP contribution in [0.2, 0.25) is 0 Å². The van der Waals surface area contributed by atoms with Crippen molar-refractivity contribution in [2.75, 3.05) is 13.1 Å². The Hall–Kier alpha value is -1.54. The fourth-order valence-corrected chi connectivity index (χ4v) is 3.63. The average Bonchev–Trinajstić information content (AvgIpc) is 3.24. The zero-order valence-corrected chi connectivity index (χ0v) is 15.4. The van der Waals surface area contributed by atoms with Crippen LogP contribution < -0.4 is 0 Å². The van der Waals surface area contributed by atoms with Gasteiger partial charge in [0.1, 0.15) is 0 Å². The van der Waals surface area contributed by atoms with E-state index in [1.54, 1.807) is 5.57 Å². The smallest absolute Gasteiger partial charge is 0.0457 e. The molecule has 1 unspecified atom stereocenters. The number of aryl methyl sites for hydroxylation is 1. The van der Waals surface area contributed by atoms with Gasteiger partial charge in [-0.2, -0.15) is 0 Å². The third kappa shape index (κ3) is 3.69. The molecule has 2 aromatic rings. The molecule has 23 heavy (non-hydrogen) atoms. The van der Waals surface area contributed by atoms with Gasteiger partial charge in [0, 0.05) is 29.7 Å². The summed E-state index contributed by atoms with van der Waals surface area (Å²) in [5.74, 6) is 0. The van der Waals surface area contributed by atoms with Gasteiger partial charge in [0.2, 0.25) is 0 Å². The van der Waals surface area contributed by atoms with Crippen molar-refractivity contribution in [3.63, 3.8) is 0 Å². The highest BCUT2D eigenvalue weighted by atomic mass is 15.2. The molecule has 2 aliphatic heterocycles. The minimum atomic E-state index is 0.794. The van der Waals surface area contributed by atoms with Crippen LogP contribution in [-0.2, 0) is 0 Å². The average molecular weight is 313 g/mol. The van der Waals surface area contributed by atoms with Crippen molar-refractivity contribution in [3.8, 4) is 0 Å². The van der Waals surface area contributed by atoms with Crippen molar-refractivity contribution in [1.82, 2.24) is 9.88 Å². The van der Waals surface area contributed by atoms with Crippen LogP contribution in [-0.4, -0.2) is 29.0 Å². The minimum Gasteiger partial charge on any atom is -0.361 e. The largest absolute Gasteiger partial charge is 0.361 e. The normalized spacial score (nSPS) is 20.0. The highest BCUT2D eigenvalue weighted by Gasteiger charge is 2.27. The first-order chi connectivity index (χ1) is 11.3. The van der Waals surface area contributed by atoms with E-state index in [1.807, 2.05) is 27.7 Å². The lowest BCUT2D eigenvalue weighted by Gasteiger charge is -2.29. The Kier molecular flexibility index (Phi) is 6.47. The van der Waals surface area contributed by atoms with Crippen molar-refractivity contribution in [2.45, 2.75) is 59.9 Å². The predicted octanol–water partition coefficient (Wildman–Crippen LogP) is 5.78. The molecular formula is C21H32N2. The van der Waals surface area contributed by atoms with Gasteiger partial charge < -0.3 is 4.98 Å².